The highest BCUT2D eigenvalue weighted by atomic mass is 32.2. The van der Waals surface area contributed by atoms with E-state index in [2.05, 4.69) is 46.8 Å². The predicted octanol–water partition coefficient (Wildman–Crippen LogP) is 5.98. The number of azo groups is 1. The molecule has 20 heavy (non-hydrogen) atoms. The van der Waals surface area contributed by atoms with Gasteiger partial charge in [-0.3, -0.25) is 0 Å². The van der Waals surface area contributed by atoms with Gasteiger partial charge in [0.05, 0.1) is 11.4 Å². The van der Waals surface area contributed by atoms with Crippen LogP contribution in [0.1, 0.15) is 0 Å². The van der Waals surface area contributed by atoms with E-state index < -0.39 is 0 Å². The second kappa shape index (κ2) is 5.88. The van der Waals surface area contributed by atoms with Gasteiger partial charge < -0.3 is 0 Å². The Kier molecular flexibility index (Phi) is 3.79. The molecule has 3 aromatic carbocycles. The molecule has 0 aliphatic carbocycles. The van der Waals surface area contributed by atoms with Crippen molar-refractivity contribution >= 4 is 33.9 Å². The topological polar surface area (TPSA) is 24.7 Å². The quantitative estimate of drug-likeness (QED) is 0.427. The Morgan fingerprint density at radius 1 is 0.750 bits per heavy atom. The number of benzene rings is 3. The van der Waals surface area contributed by atoms with Crippen LogP contribution in [0.5, 0.6) is 0 Å². The van der Waals surface area contributed by atoms with Crippen molar-refractivity contribution in [1.82, 2.24) is 0 Å². The molecular weight excluding hydrogens is 264 g/mol. The maximum atomic E-state index is 4.40. The van der Waals surface area contributed by atoms with Gasteiger partial charge in [-0.05, 0) is 35.2 Å². The van der Waals surface area contributed by atoms with Crippen molar-refractivity contribution in [2.45, 2.75) is 4.90 Å². The molecule has 0 aromatic heterocycles. The summed E-state index contributed by atoms with van der Waals surface area (Å²) in [4.78, 5) is 1.17. The van der Waals surface area contributed by atoms with Crippen LogP contribution < -0.4 is 0 Å². The molecule has 0 saturated carbocycles. The first-order chi connectivity index (χ1) is 9.88. The molecule has 0 bridgehead atoms. The third-order valence-corrected chi connectivity index (χ3v) is 3.93. The molecule has 0 aliphatic rings. The van der Waals surface area contributed by atoms with Crippen LogP contribution >= 0.6 is 11.8 Å². The first kappa shape index (κ1) is 12.9. The highest BCUT2D eigenvalue weighted by Crippen LogP contribution is 2.36. The Balaban J connectivity index is 2.05. The van der Waals surface area contributed by atoms with Crippen LogP contribution in [0.15, 0.2) is 81.9 Å². The minimum atomic E-state index is 0.868. The number of thioether (sulfide) groups is 1. The van der Waals surface area contributed by atoms with E-state index in [4.69, 9.17) is 0 Å². The smallest absolute Gasteiger partial charge is 0.0999 e. The predicted molar refractivity (Wildman–Crippen MR) is 86.3 cm³/mol. The van der Waals surface area contributed by atoms with E-state index in [-0.39, 0.29) is 0 Å². The molecule has 0 aliphatic heterocycles. The van der Waals surface area contributed by atoms with Crippen molar-refractivity contribution in [2.75, 3.05) is 6.26 Å². The molecule has 0 heterocycles. The lowest BCUT2D eigenvalue weighted by molar-refractivity contribution is 1.21. The molecule has 98 valence electrons. The van der Waals surface area contributed by atoms with Gasteiger partial charge in [0, 0.05) is 4.90 Å². The number of hydrogen-bond acceptors (Lipinski definition) is 3. The van der Waals surface area contributed by atoms with Crippen LogP contribution in [0.2, 0.25) is 0 Å². The summed E-state index contributed by atoms with van der Waals surface area (Å²) in [5, 5.41) is 11.2. The van der Waals surface area contributed by atoms with E-state index in [0.29, 0.717) is 0 Å². The lowest BCUT2D eigenvalue weighted by Crippen LogP contribution is -1.78. The number of hydrogen-bond donors (Lipinski definition) is 0. The van der Waals surface area contributed by atoms with Crippen LogP contribution in [-0.2, 0) is 0 Å². The largest absolute Gasteiger partial charge is 0.151 e. The van der Waals surface area contributed by atoms with E-state index >= 15 is 0 Å². The molecule has 0 N–H and O–H groups in total. The molecule has 0 atom stereocenters. The number of nitrogens with zero attached hydrogens (tertiary/aromatic N) is 2. The standard InChI is InChI=1S/C17H14N2S/c1-20-17-15-10-6-5-7-13(15)11-12-16(17)19-18-14-8-3-2-4-9-14/h2-12H,1H3. The van der Waals surface area contributed by atoms with E-state index in [0.717, 1.165) is 11.4 Å². The third-order valence-electron chi connectivity index (χ3n) is 3.09. The third kappa shape index (κ3) is 2.58. The average Bonchev–Trinajstić information content (AvgIpc) is 2.53. The van der Waals surface area contributed by atoms with Crippen LogP contribution in [0.3, 0.4) is 0 Å². The summed E-state index contributed by atoms with van der Waals surface area (Å²) in [6.07, 6.45) is 2.07. The zero-order valence-corrected chi connectivity index (χ0v) is 12.0. The molecule has 0 fully saturated rings. The normalized spacial score (nSPS) is 11.2. The molecule has 3 heteroatoms. The summed E-state index contributed by atoms with van der Waals surface area (Å²) in [6, 6.07) is 22.3. The fourth-order valence-electron chi connectivity index (χ4n) is 2.13. The Bertz CT molecular complexity index is 751. The second-order valence-electron chi connectivity index (χ2n) is 4.37. The maximum absolute atomic E-state index is 4.40. The van der Waals surface area contributed by atoms with Gasteiger partial charge in [0.2, 0.25) is 0 Å². The molecule has 0 radical (unpaired) electrons. The fraction of sp³-hybridized carbons (Fsp3) is 0.0588. The van der Waals surface area contributed by atoms with Gasteiger partial charge in [0.1, 0.15) is 0 Å². The minimum absolute atomic E-state index is 0.868. The van der Waals surface area contributed by atoms with Crippen LogP contribution in [0.4, 0.5) is 11.4 Å². The molecule has 0 amide bonds. The van der Waals surface area contributed by atoms with Gasteiger partial charge in [-0.15, -0.1) is 16.9 Å². The SMILES string of the molecule is CSc1c(N=Nc2ccccc2)ccc2ccccc12. The lowest BCUT2D eigenvalue weighted by Gasteiger charge is -2.06. The molecule has 0 saturated heterocycles. The van der Waals surface area contributed by atoms with E-state index in [9.17, 15) is 0 Å². The molecule has 0 spiro atoms. The zero-order valence-electron chi connectivity index (χ0n) is 11.2. The molecule has 2 nitrogen and oxygen atoms in total. The Labute approximate surface area is 122 Å². The minimum Gasteiger partial charge on any atom is -0.151 e. The highest BCUT2D eigenvalue weighted by molar-refractivity contribution is 7.99. The van der Waals surface area contributed by atoms with Crippen molar-refractivity contribution < 1.29 is 0 Å². The number of rotatable bonds is 3. The van der Waals surface area contributed by atoms with Crippen molar-refractivity contribution in [3.05, 3.63) is 66.7 Å². The van der Waals surface area contributed by atoms with Gasteiger partial charge in [-0.2, -0.15) is 5.11 Å². The summed E-state index contributed by atoms with van der Waals surface area (Å²) < 4.78 is 0. The fourth-order valence-corrected chi connectivity index (χ4v) is 2.85. The van der Waals surface area contributed by atoms with Crippen molar-refractivity contribution in [3.8, 4) is 0 Å². The summed E-state index contributed by atoms with van der Waals surface area (Å²) in [7, 11) is 0. The summed E-state index contributed by atoms with van der Waals surface area (Å²) >= 11 is 1.71. The Hall–Kier alpha value is -2.13. The molecule has 3 aromatic rings. The molecule has 3 rings (SSSR count). The van der Waals surface area contributed by atoms with Crippen LogP contribution in [0, 0.1) is 0 Å². The summed E-state index contributed by atoms with van der Waals surface area (Å²) in [6.45, 7) is 0. The zero-order chi connectivity index (χ0) is 13.8. The van der Waals surface area contributed by atoms with E-state index in [1.165, 1.54) is 15.7 Å². The van der Waals surface area contributed by atoms with Gasteiger partial charge in [-0.1, -0.05) is 48.5 Å². The van der Waals surface area contributed by atoms with E-state index in [1.807, 2.05) is 36.4 Å². The lowest BCUT2D eigenvalue weighted by atomic mass is 10.1. The van der Waals surface area contributed by atoms with Crippen molar-refractivity contribution in [1.29, 1.82) is 0 Å². The summed E-state index contributed by atoms with van der Waals surface area (Å²) in [5.74, 6) is 0. The highest BCUT2D eigenvalue weighted by Gasteiger charge is 2.05. The average molecular weight is 278 g/mol. The second-order valence-corrected chi connectivity index (χ2v) is 5.19. The van der Waals surface area contributed by atoms with Crippen molar-refractivity contribution in [3.63, 3.8) is 0 Å². The Morgan fingerprint density at radius 2 is 1.50 bits per heavy atom. The summed E-state index contributed by atoms with van der Waals surface area (Å²) in [5.41, 5.74) is 1.78. The number of fused-ring (bicyclic) bond motifs is 1. The maximum Gasteiger partial charge on any atom is 0.0999 e. The van der Waals surface area contributed by atoms with Gasteiger partial charge in [0.25, 0.3) is 0 Å². The van der Waals surface area contributed by atoms with Crippen molar-refractivity contribution in [2.24, 2.45) is 10.2 Å². The first-order valence-electron chi connectivity index (χ1n) is 6.41. The molecular formula is C17H14N2S. The van der Waals surface area contributed by atoms with Crippen LogP contribution in [0.25, 0.3) is 10.8 Å². The Morgan fingerprint density at radius 3 is 2.30 bits per heavy atom. The van der Waals surface area contributed by atoms with E-state index in [1.54, 1.807) is 11.8 Å². The van der Waals surface area contributed by atoms with Gasteiger partial charge in [-0.25, -0.2) is 0 Å². The van der Waals surface area contributed by atoms with Crippen LogP contribution in [-0.4, -0.2) is 6.26 Å². The molecule has 0 unspecified atom stereocenters. The van der Waals surface area contributed by atoms with Gasteiger partial charge >= 0.3 is 0 Å². The first-order valence-corrected chi connectivity index (χ1v) is 7.63. The monoisotopic (exact) mass is 278 g/mol. The van der Waals surface area contributed by atoms with Gasteiger partial charge in [0.15, 0.2) is 0 Å².